The number of aromatic nitrogens is 4. The maximum absolute atomic E-state index is 13.3. The van der Waals surface area contributed by atoms with Gasteiger partial charge in [-0.25, -0.2) is 14.1 Å². The fourth-order valence-corrected chi connectivity index (χ4v) is 2.70. The number of rotatable bonds is 7. The summed E-state index contributed by atoms with van der Waals surface area (Å²) in [6.45, 7) is 2.40. The molecule has 0 saturated carbocycles. The Morgan fingerprint density at radius 1 is 1.14 bits per heavy atom. The molecule has 0 aliphatic rings. The summed E-state index contributed by atoms with van der Waals surface area (Å²) in [5, 5.41) is 6.71. The molecule has 1 N–H and O–H groups in total. The van der Waals surface area contributed by atoms with Crippen LogP contribution in [0.5, 0.6) is 0 Å². The van der Waals surface area contributed by atoms with Crippen LogP contribution in [0.15, 0.2) is 58.4 Å². The molecule has 0 saturated heterocycles. The number of benzene rings is 1. The van der Waals surface area contributed by atoms with E-state index in [9.17, 15) is 18.8 Å². The quantitative estimate of drug-likeness (QED) is 0.641. The summed E-state index contributed by atoms with van der Waals surface area (Å²) in [6, 6.07) is 9.83. The molecular formula is C20H20FN5O3. The van der Waals surface area contributed by atoms with Crippen molar-refractivity contribution in [2.24, 2.45) is 0 Å². The van der Waals surface area contributed by atoms with Gasteiger partial charge in [0.15, 0.2) is 0 Å². The molecule has 2 aromatic heterocycles. The lowest BCUT2D eigenvalue weighted by Crippen LogP contribution is -2.33. The van der Waals surface area contributed by atoms with Gasteiger partial charge in [0, 0.05) is 30.9 Å². The van der Waals surface area contributed by atoms with E-state index in [-0.39, 0.29) is 30.9 Å². The number of nitrogens with zero attached hydrogens (tertiary/aromatic N) is 4. The van der Waals surface area contributed by atoms with E-state index in [4.69, 9.17) is 0 Å². The number of nitrogens with one attached hydrogen (secondary N) is 1. The van der Waals surface area contributed by atoms with E-state index in [1.807, 2.05) is 6.92 Å². The molecule has 0 radical (unpaired) electrons. The highest BCUT2D eigenvalue weighted by Gasteiger charge is 2.10. The average molecular weight is 397 g/mol. The molecule has 8 nitrogen and oxygen atoms in total. The van der Waals surface area contributed by atoms with Gasteiger partial charge in [-0.05, 0) is 30.2 Å². The van der Waals surface area contributed by atoms with Crippen LogP contribution in [0, 0.1) is 5.82 Å². The van der Waals surface area contributed by atoms with E-state index in [1.54, 1.807) is 6.07 Å². The number of carbonyl (C=O) groups is 1. The molecule has 29 heavy (non-hydrogen) atoms. The number of hydrogen-bond acceptors (Lipinski definition) is 5. The van der Waals surface area contributed by atoms with Gasteiger partial charge in [0.2, 0.25) is 0 Å². The molecule has 1 amide bonds. The molecular weight excluding hydrogens is 377 g/mol. The van der Waals surface area contributed by atoms with Gasteiger partial charge < -0.3 is 5.32 Å². The van der Waals surface area contributed by atoms with E-state index in [1.165, 1.54) is 47.3 Å². The Morgan fingerprint density at radius 2 is 1.97 bits per heavy atom. The highest BCUT2D eigenvalue weighted by Crippen LogP contribution is 2.04. The number of halogens is 1. The van der Waals surface area contributed by atoms with Crippen LogP contribution in [0.1, 0.15) is 28.7 Å². The van der Waals surface area contributed by atoms with Crippen LogP contribution in [0.25, 0.3) is 0 Å². The second-order valence-electron chi connectivity index (χ2n) is 6.37. The van der Waals surface area contributed by atoms with Crippen molar-refractivity contribution >= 4 is 5.91 Å². The first-order chi connectivity index (χ1) is 14.0. The minimum absolute atomic E-state index is 0.0442. The SMILES string of the molecule is CCc1cc(=O)n(CCNC(=O)c2ccc(=O)n(Cc3cccc(F)c3)n2)cn1. The molecule has 150 valence electrons. The lowest BCUT2D eigenvalue weighted by Gasteiger charge is -2.09. The third kappa shape index (κ3) is 5.22. The Labute approximate surface area is 165 Å². The maximum Gasteiger partial charge on any atom is 0.271 e. The van der Waals surface area contributed by atoms with E-state index in [0.29, 0.717) is 17.7 Å². The topological polar surface area (TPSA) is 98.9 Å². The highest BCUT2D eigenvalue weighted by atomic mass is 19.1. The van der Waals surface area contributed by atoms with Gasteiger partial charge >= 0.3 is 0 Å². The Morgan fingerprint density at radius 3 is 2.69 bits per heavy atom. The van der Waals surface area contributed by atoms with E-state index >= 15 is 0 Å². The summed E-state index contributed by atoms with van der Waals surface area (Å²) < 4.78 is 15.8. The van der Waals surface area contributed by atoms with E-state index in [2.05, 4.69) is 15.4 Å². The number of aryl methyl sites for hydroxylation is 1. The molecule has 2 heterocycles. The molecule has 0 fully saturated rings. The van der Waals surface area contributed by atoms with Gasteiger partial charge in [-0.15, -0.1) is 0 Å². The summed E-state index contributed by atoms with van der Waals surface area (Å²) in [5.74, 6) is -0.898. The lowest BCUT2D eigenvalue weighted by atomic mass is 10.2. The average Bonchev–Trinajstić information content (AvgIpc) is 2.70. The van der Waals surface area contributed by atoms with Crippen LogP contribution >= 0.6 is 0 Å². The smallest absolute Gasteiger partial charge is 0.271 e. The molecule has 0 spiro atoms. The first-order valence-electron chi connectivity index (χ1n) is 9.12. The molecule has 9 heteroatoms. The maximum atomic E-state index is 13.3. The van der Waals surface area contributed by atoms with Crippen molar-refractivity contribution in [3.05, 3.63) is 92.3 Å². The zero-order chi connectivity index (χ0) is 20.8. The fraction of sp³-hybridized carbons (Fsp3) is 0.250. The molecule has 3 aromatic rings. The van der Waals surface area contributed by atoms with Gasteiger partial charge in [0.05, 0.1) is 12.9 Å². The van der Waals surface area contributed by atoms with Crippen LogP contribution < -0.4 is 16.4 Å². The third-order valence-corrected chi connectivity index (χ3v) is 4.26. The van der Waals surface area contributed by atoms with Crippen molar-refractivity contribution in [1.29, 1.82) is 0 Å². The van der Waals surface area contributed by atoms with Crippen LogP contribution in [-0.4, -0.2) is 31.8 Å². The minimum Gasteiger partial charge on any atom is -0.349 e. The third-order valence-electron chi connectivity index (χ3n) is 4.26. The van der Waals surface area contributed by atoms with Crippen molar-refractivity contribution in [3.8, 4) is 0 Å². The summed E-state index contributed by atoms with van der Waals surface area (Å²) in [7, 11) is 0. The van der Waals surface area contributed by atoms with Gasteiger partial charge in [0.25, 0.3) is 17.0 Å². The summed E-state index contributed by atoms with van der Waals surface area (Å²) in [6.07, 6.45) is 2.12. The Balaban J connectivity index is 1.65. The second kappa shape index (κ2) is 9.05. The fourth-order valence-electron chi connectivity index (χ4n) is 2.70. The lowest BCUT2D eigenvalue weighted by molar-refractivity contribution is 0.0944. The number of carbonyl (C=O) groups excluding carboxylic acids is 1. The molecule has 0 aliphatic heterocycles. The zero-order valence-corrected chi connectivity index (χ0v) is 15.8. The summed E-state index contributed by atoms with van der Waals surface area (Å²) in [5.41, 5.74) is 0.722. The Kier molecular flexibility index (Phi) is 6.28. The largest absolute Gasteiger partial charge is 0.349 e. The standard InChI is InChI=1S/C20H20FN5O3/c1-2-16-11-19(28)25(13-23-16)9-8-22-20(29)17-6-7-18(27)26(24-17)12-14-4-3-5-15(21)10-14/h3-7,10-11,13H,2,8-9,12H2,1H3,(H,22,29). The monoisotopic (exact) mass is 397 g/mol. The zero-order valence-electron chi connectivity index (χ0n) is 15.8. The first kappa shape index (κ1) is 20.1. The summed E-state index contributed by atoms with van der Waals surface area (Å²) in [4.78, 5) is 40.5. The Hall–Kier alpha value is -3.62. The molecule has 3 rings (SSSR count). The molecule has 0 aliphatic carbocycles. The van der Waals surface area contributed by atoms with Crippen molar-refractivity contribution < 1.29 is 9.18 Å². The van der Waals surface area contributed by atoms with Crippen molar-refractivity contribution in [2.45, 2.75) is 26.4 Å². The van der Waals surface area contributed by atoms with Crippen LogP contribution in [-0.2, 0) is 19.5 Å². The minimum atomic E-state index is -0.482. The Bertz CT molecular complexity index is 1140. The van der Waals surface area contributed by atoms with Crippen LogP contribution in [0.4, 0.5) is 4.39 Å². The van der Waals surface area contributed by atoms with Gasteiger partial charge in [0.1, 0.15) is 11.5 Å². The van der Waals surface area contributed by atoms with Crippen LogP contribution in [0.2, 0.25) is 0 Å². The molecule has 0 atom stereocenters. The van der Waals surface area contributed by atoms with Crippen molar-refractivity contribution in [1.82, 2.24) is 24.6 Å². The normalized spacial score (nSPS) is 10.7. The number of amides is 1. The summed E-state index contributed by atoms with van der Waals surface area (Å²) >= 11 is 0. The van der Waals surface area contributed by atoms with Gasteiger partial charge in [-0.2, -0.15) is 5.10 Å². The van der Waals surface area contributed by atoms with Crippen LogP contribution in [0.3, 0.4) is 0 Å². The van der Waals surface area contributed by atoms with Crippen molar-refractivity contribution in [2.75, 3.05) is 6.54 Å². The van der Waals surface area contributed by atoms with E-state index in [0.717, 1.165) is 4.68 Å². The highest BCUT2D eigenvalue weighted by molar-refractivity contribution is 5.91. The second-order valence-corrected chi connectivity index (χ2v) is 6.37. The predicted octanol–water partition coefficient (Wildman–Crippen LogP) is 0.980. The first-order valence-corrected chi connectivity index (χ1v) is 9.12. The van der Waals surface area contributed by atoms with E-state index < -0.39 is 17.3 Å². The molecule has 0 bridgehead atoms. The van der Waals surface area contributed by atoms with Gasteiger partial charge in [-0.3, -0.25) is 19.0 Å². The van der Waals surface area contributed by atoms with Crippen molar-refractivity contribution in [3.63, 3.8) is 0 Å². The number of hydrogen-bond donors (Lipinski definition) is 1. The van der Waals surface area contributed by atoms with Gasteiger partial charge in [-0.1, -0.05) is 19.1 Å². The molecule has 1 aromatic carbocycles. The molecule has 0 unspecified atom stereocenters. The predicted molar refractivity (Wildman–Crippen MR) is 104 cm³/mol.